The molecule has 7 nitrogen and oxygen atoms in total. The van der Waals surface area contributed by atoms with Gasteiger partial charge in [-0.15, -0.1) is 0 Å². The van der Waals surface area contributed by atoms with Crippen LogP contribution in [0.5, 0.6) is 0 Å². The molecular weight excluding hydrogens is 316 g/mol. The predicted molar refractivity (Wildman–Crippen MR) is 94.2 cm³/mol. The monoisotopic (exact) mass is 340 g/mol. The number of nitriles is 1. The number of hydrogen-bond acceptors (Lipinski definition) is 7. The van der Waals surface area contributed by atoms with E-state index >= 15 is 0 Å². The second-order valence-corrected chi connectivity index (χ2v) is 7.42. The van der Waals surface area contributed by atoms with Gasteiger partial charge in [0.1, 0.15) is 11.9 Å². The zero-order valence-electron chi connectivity index (χ0n) is 15.2. The van der Waals surface area contributed by atoms with E-state index in [0.717, 1.165) is 37.8 Å². The molecule has 0 amide bonds. The number of anilines is 1. The molecule has 0 spiro atoms. The quantitative estimate of drug-likeness (QED) is 0.849. The lowest BCUT2D eigenvalue weighted by atomic mass is 9.96. The molecule has 132 valence electrons. The van der Waals surface area contributed by atoms with Gasteiger partial charge in [0, 0.05) is 37.8 Å². The maximum atomic E-state index is 8.86. The smallest absolute Gasteiger partial charge is 0.243 e. The number of aromatic nitrogens is 3. The lowest BCUT2D eigenvalue weighted by Crippen LogP contribution is -2.47. The minimum absolute atomic E-state index is 0.0969. The lowest BCUT2D eigenvalue weighted by molar-refractivity contribution is 0.164. The highest BCUT2D eigenvalue weighted by Gasteiger charge is 2.28. The fourth-order valence-electron chi connectivity index (χ4n) is 2.84. The Balaban J connectivity index is 1.61. The Labute approximate surface area is 148 Å². The van der Waals surface area contributed by atoms with Crippen molar-refractivity contribution in [2.24, 2.45) is 0 Å². The molecule has 1 fully saturated rings. The van der Waals surface area contributed by atoms with Gasteiger partial charge in [0.25, 0.3) is 0 Å². The predicted octanol–water partition coefficient (Wildman–Crippen LogP) is 2.52. The SMILES string of the molecule is C[C@@H](c1nc(C(C)(C)C)no1)N1CCN(c2ccc(C#N)cn2)CC1. The summed E-state index contributed by atoms with van der Waals surface area (Å²) >= 11 is 0. The molecule has 0 saturated carbocycles. The van der Waals surface area contributed by atoms with Gasteiger partial charge in [-0.05, 0) is 19.1 Å². The fourth-order valence-corrected chi connectivity index (χ4v) is 2.84. The fraction of sp³-hybridized carbons (Fsp3) is 0.556. The van der Waals surface area contributed by atoms with Gasteiger partial charge < -0.3 is 9.42 Å². The van der Waals surface area contributed by atoms with Crippen molar-refractivity contribution in [3.63, 3.8) is 0 Å². The Kier molecular flexibility index (Phi) is 4.73. The molecule has 0 unspecified atom stereocenters. The summed E-state index contributed by atoms with van der Waals surface area (Å²) in [7, 11) is 0. The molecule has 0 aliphatic carbocycles. The Morgan fingerprint density at radius 3 is 2.44 bits per heavy atom. The maximum Gasteiger partial charge on any atom is 0.243 e. The van der Waals surface area contributed by atoms with Gasteiger partial charge in [-0.25, -0.2) is 4.98 Å². The summed E-state index contributed by atoms with van der Waals surface area (Å²) in [4.78, 5) is 13.5. The average molecular weight is 340 g/mol. The van der Waals surface area contributed by atoms with Crippen molar-refractivity contribution in [3.05, 3.63) is 35.6 Å². The molecule has 0 N–H and O–H groups in total. The van der Waals surface area contributed by atoms with Crippen LogP contribution in [0.3, 0.4) is 0 Å². The van der Waals surface area contributed by atoms with E-state index in [2.05, 4.69) is 58.7 Å². The van der Waals surface area contributed by atoms with Gasteiger partial charge in [-0.2, -0.15) is 10.2 Å². The van der Waals surface area contributed by atoms with Crippen LogP contribution < -0.4 is 4.90 Å². The molecular formula is C18H24N6O. The van der Waals surface area contributed by atoms with E-state index in [9.17, 15) is 0 Å². The molecule has 0 bridgehead atoms. The Bertz CT molecular complexity index is 747. The van der Waals surface area contributed by atoms with Crippen LogP contribution >= 0.6 is 0 Å². The summed E-state index contributed by atoms with van der Waals surface area (Å²) in [6.07, 6.45) is 1.62. The first-order valence-electron chi connectivity index (χ1n) is 8.58. The Morgan fingerprint density at radius 1 is 1.20 bits per heavy atom. The molecule has 1 saturated heterocycles. The van der Waals surface area contributed by atoms with Crippen LogP contribution in [0.4, 0.5) is 5.82 Å². The van der Waals surface area contributed by atoms with Crippen LogP contribution in [0.15, 0.2) is 22.9 Å². The van der Waals surface area contributed by atoms with Crippen molar-refractivity contribution in [3.8, 4) is 6.07 Å². The van der Waals surface area contributed by atoms with Crippen LogP contribution in [0.25, 0.3) is 0 Å². The van der Waals surface area contributed by atoms with Crippen LogP contribution in [-0.4, -0.2) is 46.2 Å². The van der Waals surface area contributed by atoms with Gasteiger partial charge in [-0.3, -0.25) is 4.90 Å². The van der Waals surface area contributed by atoms with Crippen LogP contribution in [-0.2, 0) is 5.41 Å². The summed E-state index contributed by atoms with van der Waals surface area (Å²) in [5.74, 6) is 2.34. The van der Waals surface area contributed by atoms with E-state index in [4.69, 9.17) is 9.78 Å². The molecule has 1 aliphatic rings. The summed E-state index contributed by atoms with van der Waals surface area (Å²) in [6, 6.07) is 5.91. The maximum absolute atomic E-state index is 8.86. The molecule has 0 aromatic carbocycles. The molecule has 2 aromatic heterocycles. The van der Waals surface area contributed by atoms with Gasteiger partial charge in [0.15, 0.2) is 5.82 Å². The Hall–Kier alpha value is -2.46. The van der Waals surface area contributed by atoms with Crippen molar-refractivity contribution < 1.29 is 4.52 Å². The number of rotatable bonds is 3. The summed E-state index contributed by atoms with van der Waals surface area (Å²) < 4.78 is 5.48. The minimum Gasteiger partial charge on any atom is -0.354 e. The van der Waals surface area contributed by atoms with Crippen molar-refractivity contribution >= 4 is 5.82 Å². The van der Waals surface area contributed by atoms with Crippen LogP contribution in [0.1, 0.15) is 51.0 Å². The van der Waals surface area contributed by atoms with Crippen molar-refractivity contribution in [1.29, 1.82) is 5.26 Å². The van der Waals surface area contributed by atoms with E-state index in [0.29, 0.717) is 11.5 Å². The molecule has 3 rings (SSSR count). The second-order valence-electron chi connectivity index (χ2n) is 7.42. The standard InChI is InChI=1S/C18H24N6O/c1-13(16-21-17(22-25-16)18(2,3)4)23-7-9-24(10-8-23)15-6-5-14(11-19)12-20-15/h5-6,12-13H,7-10H2,1-4H3/t13-/m0/s1. The first kappa shape index (κ1) is 17.4. The van der Waals surface area contributed by atoms with E-state index < -0.39 is 0 Å². The second kappa shape index (κ2) is 6.81. The van der Waals surface area contributed by atoms with Crippen LogP contribution in [0.2, 0.25) is 0 Å². The minimum atomic E-state index is -0.110. The number of piperazine rings is 1. The third kappa shape index (κ3) is 3.80. The highest BCUT2D eigenvalue weighted by atomic mass is 16.5. The van der Waals surface area contributed by atoms with E-state index in [-0.39, 0.29) is 11.5 Å². The largest absolute Gasteiger partial charge is 0.354 e. The summed E-state index contributed by atoms with van der Waals surface area (Å²) in [5.41, 5.74) is 0.476. The third-order valence-corrected chi connectivity index (χ3v) is 4.53. The van der Waals surface area contributed by atoms with Crippen molar-refractivity contribution in [1.82, 2.24) is 20.0 Å². The molecule has 0 radical (unpaired) electrons. The first-order chi connectivity index (χ1) is 11.9. The highest BCUT2D eigenvalue weighted by molar-refractivity contribution is 5.42. The highest BCUT2D eigenvalue weighted by Crippen LogP contribution is 2.25. The first-order valence-corrected chi connectivity index (χ1v) is 8.58. The van der Waals surface area contributed by atoms with Crippen molar-refractivity contribution in [2.75, 3.05) is 31.1 Å². The Morgan fingerprint density at radius 2 is 1.92 bits per heavy atom. The summed E-state index contributed by atoms with van der Waals surface area (Å²) in [5, 5.41) is 13.0. The molecule has 2 aromatic rings. The topological polar surface area (TPSA) is 82.1 Å². The lowest BCUT2D eigenvalue weighted by Gasteiger charge is -2.37. The molecule has 1 atom stereocenters. The van der Waals surface area contributed by atoms with E-state index in [1.165, 1.54) is 0 Å². The molecule has 1 aliphatic heterocycles. The van der Waals surface area contributed by atoms with Crippen molar-refractivity contribution in [2.45, 2.75) is 39.2 Å². The molecule has 3 heterocycles. The molecule has 7 heteroatoms. The number of pyridine rings is 1. The zero-order valence-corrected chi connectivity index (χ0v) is 15.2. The third-order valence-electron chi connectivity index (χ3n) is 4.53. The normalized spacial score (nSPS) is 17.3. The van der Waals surface area contributed by atoms with Gasteiger partial charge in [0.2, 0.25) is 5.89 Å². The number of nitrogens with zero attached hydrogens (tertiary/aromatic N) is 6. The number of hydrogen-bond donors (Lipinski definition) is 0. The van der Waals surface area contributed by atoms with E-state index in [1.54, 1.807) is 6.20 Å². The average Bonchev–Trinajstić information content (AvgIpc) is 3.12. The van der Waals surface area contributed by atoms with Crippen LogP contribution in [0, 0.1) is 11.3 Å². The van der Waals surface area contributed by atoms with Gasteiger partial charge in [0.05, 0.1) is 11.6 Å². The molecule has 25 heavy (non-hydrogen) atoms. The van der Waals surface area contributed by atoms with Gasteiger partial charge in [-0.1, -0.05) is 25.9 Å². The zero-order chi connectivity index (χ0) is 18.0. The van der Waals surface area contributed by atoms with Gasteiger partial charge >= 0.3 is 0 Å². The summed E-state index contributed by atoms with van der Waals surface area (Å²) in [6.45, 7) is 11.9. The van der Waals surface area contributed by atoms with E-state index in [1.807, 2.05) is 12.1 Å².